The number of carbonyl (C=O) groups excluding carboxylic acids is 3. The number of alkyl carbamates (subject to hydrolysis) is 1. The number of ether oxygens (including phenoxy) is 1. The topological polar surface area (TPSA) is 172 Å². The summed E-state index contributed by atoms with van der Waals surface area (Å²) in [6.07, 6.45) is 7.16. The van der Waals surface area contributed by atoms with Crippen LogP contribution in [0.25, 0.3) is 11.2 Å². The number of amides is 3. The van der Waals surface area contributed by atoms with Crippen molar-refractivity contribution in [3.8, 4) is 0 Å². The second-order valence-electron chi connectivity index (χ2n) is 11.8. The van der Waals surface area contributed by atoms with Gasteiger partial charge in [-0.3, -0.25) is 9.59 Å². The van der Waals surface area contributed by atoms with E-state index in [1.165, 1.54) is 11.2 Å². The quantitative estimate of drug-likeness (QED) is 0.238. The smallest absolute Gasteiger partial charge is 0.407 e. The molecule has 5 atom stereocenters. The normalized spacial score (nSPS) is 17.5. The second-order valence-corrected chi connectivity index (χ2v) is 11.8. The number of aromatic nitrogens is 4. The maximum absolute atomic E-state index is 13.6. The van der Waals surface area contributed by atoms with E-state index in [1.54, 1.807) is 13.3 Å². The number of fused-ring (bicyclic) bond motifs is 1. The Bertz CT molecular complexity index is 1280. The molecule has 14 heteroatoms. The van der Waals surface area contributed by atoms with Gasteiger partial charge in [0.05, 0.1) is 12.9 Å². The van der Waals surface area contributed by atoms with E-state index >= 15 is 0 Å². The van der Waals surface area contributed by atoms with Crippen LogP contribution in [0.5, 0.6) is 0 Å². The van der Waals surface area contributed by atoms with Gasteiger partial charge in [-0.15, -0.1) is 0 Å². The molecule has 0 bridgehead atoms. The van der Waals surface area contributed by atoms with Gasteiger partial charge in [-0.05, 0) is 43.9 Å². The van der Waals surface area contributed by atoms with Crippen molar-refractivity contribution in [1.29, 1.82) is 0 Å². The largest absolute Gasteiger partial charge is 0.480 e. The molecule has 2 aromatic heterocycles. The van der Waals surface area contributed by atoms with Crippen LogP contribution < -0.4 is 15.5 Å². The third kappa shape index (κ3) is 8.56. The highest BCUT2D eigenvalue weighted by molar-refractivity contribution is 5.93. The number of aliphatic carboxylic acids is 1. The lowest BCUT2D eigenvalue weighted by atomic mass is 9.97. The summed E-state index contributed by atoms with van der Waals surface area (Å²) in [5, 5.41) is 15.0. The first-order valence-corrected chi connectivity index (χ1v) is 15.6. The molecule has 0 aromatic carbocycles. The van der Waals surface area contributed by atoms with Crippen molar-refractivity contribution in [1.82, 2.24) is 35.1 Å². The lowest BCUT2D eigenvalue weighted by molar-refractivity contribution is -0.145. The average molecular weight is 617 g/mol. The van der Waals surface area contributed by atoms with E-state index in [0.717, 1.165) is 29.8 Å². The summed E-state index contributed by atoms with van der Waals surface area (Å²) in [4.78, 5) is 67.6. The predicted molar refractivity (Wildman–Crippen MR) is 165 cm³/mol. The summed E-state index contributed by atoms with van der Waals surface area (Å²) < 4.78 is 7.40. The summed E-state index contributed by atoms with van der Waals surface area (Å²) in [7, 11) is 3.82. The number of carboxylic acids is 1. The van der Waals surface area contributed by atoms with E-state index < -0.39 is 36.1 Å². The number of anilines is 1. The summed E-state index contributed by atoms with van der Waals surface area (Å²) in [5.41, 5.74) is 1.52. The molecule has 1 fully saturated rings. The molecule has 0 unspecified atom stereocenters. The molecular weight excluding hydrogens is 568 g/mol. The lowest BCUT2D eigenvalue weighted by Gasteiger charge is -2.32. The molecule has 14 nitrogen and oxygen atoms in total. The summed E-state index contributed by atoms with van der Waals surface area (Å²) in [6, 6.07) is -2.69. The third-order valence-corrected chi connectivity index (χ3v) is 8.45. The highest BCUT2D eigenvalue weighted by Gasteiger charge is 2.40. The number of carboxylic acid groups (broad SMARTS) is 1. The molecule has 44 heavy (non-hydrogen) atoms. The number of likely N-dealkylation sites (tertiary alicyclic amines) is 1. The molecule has 1 aliphatic heterocycles. The van der Waals surface area contributed by atoms with Crippen LogP contribution in [0, 0.1) is 11.8 Å². The first-order chi connectivity index (χ1) is 21.0. The van der Waals surface area contributed by atoms with Crippen molar-refractivity contribution < 1.29 is 29.0 Å². The van der Waals surface area contributed by atoms with E-state index in [0.29, 0.717) is 45.2 Å². The molecule has 244 valence electrons. The SMILES string of the molecule is CC[C@H](C)[C@H](NC(=O)[C@@H]1CCCN1C(=O)[C@@H](NC(=O)OCCCCCn1cnc2c(N(C)C)ncnc21)[C@@H](C)CC)C(=O)O. The highest BCUT2D eigenvalue weighted by Crippen LogP contribution is 2.23. The van der Waals surface area contributed by atoms with Gasteiger partial charge in [0.25, 0.3) is 0 Å². The third-order valence-electron chi connectivity index (χ3n) is 8.45. The van der Waals surface area contributed by atoms with Crippen molar-refractivity contribution in [3.63, 3.8) is 0 Å². The van der Waals surface area contributed by atoms with Gasteiger partial charge < -0.3 is 34.8 Å². The van der Waals surface area contributed by atoms with Crippen molar-refractivity contribution in [2.45, 2.75) is 97.3 Å². The Morgan fingerprint density at radius 2 is 1.73 bits per heavy atom. The van der Waals surface area contributed by atoms with Gasteiger partial charge in [-0.25, -0.2) is 24.5 Å². The molecule has 1 saturated heterocycles. The van der Waals surface area contributed by atoms with Crippen LogP contribution in [0.3, 0.4) is 0 Å². The van der Waals surface area contributed by atoms with E-state index in [4.69, 9.17) is 4.74 Å². The van der Waals surface area contributed by atoms with Crippen molar-refractivity contribution in [2.75, 3.05) is 32.1 Å². The number of hydrogen-bond donors (Lipinski definition) is 3. The van der Waals surface area contributed by atoms with Gasteiger partial charge >= 0.3 is 12.1 Å². The fraction of sp³-hybridized carbons (Fsp3) is 0.700. The van der Waals surface area contributed by atoms with Crippen LogP contribution in [0.4, 0.5) is 10.6 Å². The highest BCUT2D eigenvalue weighted by atomic mass is 16.5. The predicted octanol–water partition coefficient (Wildman–Crippen LogP) is 2.81. The molecule has 0 spiro atoms. The minimum Gasteiger partial charge on any atom is -0.480 e. The van der Waals surface area contributed by atoms with Crippen LogP contribution in [0.1, 0.15) is 72.6 Å². The van der Waals surface area contributed by atoms with Crippen LogP contribution in [-0.2, 0) is 25.7 Å². The molecule has 1 aliphatic rings. The molecule has 3 heterocycles. The second kappa shape index (κ2) is 16.2. The van der Waals surface area contributed by atoms with Gasteiger partial charge in [-0.2, -0.15) is 0 Å². The number of aryl methyl sites for hydroxylation is 1. The molecule has 0 aliphatic carbocycles. The first-order valence-electron chi connectivity index (χ1n) is 15.6. The molecular formula is C30H48N8O6. The Labute approximate surface area is 258 Å². The summed E-state index contributed by atoms with van der Waals surface area (Å²) in [6.45, 7) is 8.69. The van der Waals surface area contributed by atoms with Gasteiger partial charge in [0.1, 0.15) is 24.5 Å². The fourth-order valence-corrected chi connectivity index (χ4v) is 5.35. The van der Waals surface area contributed by atoms with E-state index in [1.807, 2.05) is 44.3 Å². The van der Waals surface area contributed by atoms with E-state index in [9.17, 15) is 24.3 Å². The number of nitrogens with one attached hydrogen (secondary N) is 2. The molecule has 0 saturated carbocycles. The summed E-state index contributed by atoms with van der Waals surface area (Å²) in [5.74, 6) is -1.65. The summed E-state index contributed by atoms with van der Waals surface area (Å²) >= 11 is 0. The standard InChI is InChI=1S/C30H48N8O6/c1-7-19(3)22(28(40)38-15-12-13-21(38)27(39)34-23(29(41)42)20(4)8-2)35-30(43)44-16-11-9-10-14-37-18-33-24-25(36(5)6)31-17-32-26(24)37/h17-23H,7-16H2,1-6H3,(H,34,39)(H,35,43)(H,41,42)/t19-,20-,21-,22-,23-/m0/s1. The minimum atomic E-state index is -1.10. The van der Waals surface area contributed by atoms with Crippen LogP contribution in [-0.4, -0.2) is 98.8 Å². The number of unbranched alkanes of at least 4 members (excludes halogenated alkanes) is 2. The monoisotopic (exact) mass is 616 g/mol. The minimum absolute atomic E-state index is 0.200. The Morgan fingerprint density at radius 3 is 2.39 bits per heavy atom. The van der Waals surface area contributed by atoms with Crippen LogP contribution in [0.2, 0.25) is 0 Å². The van der Waals surface area contributed by atoms with Gasteiger partial charge in [0.15, 0.2) is 17.0 Å². The zero-order chi connectivity index (χ0) is 32.4. The first kappa shape index (κ1) is 34.5. The molecule has 3 rings (SSSR count). The number of hydrogen-bond acceptors (Lipinski definition) is 9. The number of rotatable bonds is 16. The number of nitrogens with zero attached hydrogens (tertiary/aromatic N) is 6. The van der Waals surface area contributed by atoms with Crippen molar-refractivity contribution in [3.05, 3.63) is 12.7 Å². The lowest BCUT2D eigenvalue weighted by Crippen LogP contribution is -2.57. The maximum Gasteiger partial charge on any atom is 0.407 e. The zero-order valence-corrected chi connectivity index (χ0v) is 26.8. The van der Waals surface area contributed by atoms with E-state index in [2.05, 4.69) is 25.6 Å². The van der Waals surface area contributed by atoms with Crippen molar-refractivity contribution in [2.24, 2.45) is 11.8 Å². The van der Waals surface area contributed by atoms with Crippen LogP contribution >= 0.6 is 0 Å². The zero-order valence-electron chi connectivity index (χ0n) is 26.8. The molecule has 0 radical (unpaired) electrons. The van der Waals surface area contributed by atoms with Crippen molar-refractivity contribution >= 4 is 40.9 Å². The Kier molecular flexibility index (Phi) is 12.7. The Hall–Kier alpha value is -3.97. The van der Waals surface area contributed by atoms with Crippen LogP contribution in [0.15, 0.2) is 12.7 Å². The van der Waals surface area contributed by atoms with E-state index in [-0.39, 0.29) is 24.3 Å². The number of carbonyl (C=O) groups is 4. The van der Waals surface area contributed by atoms with Gasteiger partial charge in [0, 0.05) is 27.2 Å². The average Bonchev–Trinajstić information content (AvgIpc) is 3.66. The fourth-order valence-electron chi connectivity index (χ4n) is 5.35. The molecule has 3 amide bonds. The Morgan fingerprint density at radius 1 is 1.02 bits per heavy atom. The molecule has 2 aromatic rings. The Balaban J connectivity index is 1.50. The number of imidazole rings is 1. The molecule has 3 N–H and O–H groups in total. The van der Waals surface area contributed by atoms with Gasteiger partial charge in [-0.1, -0.05) is 40.5 Å². The van der Waals surface area contributed by atoms with Gasteiger partial charge in [0.2, 0.25) is 11.8 Å². The maximum atomic E-state index is 13.6.